The lowest BCUT2D eigenvalue weighted by Gasteiger charge is -2.25. The molecule has 4 rings (SSSR count). The van der Waals surface area contributed by atoms with Crippen LogP contribution in [0, 0.1) is 10.1 Å². The number of hydrogen-bond donors (Lipinski definition) is 2. The third-order valence-electron chi connectivity index (χ3n) is 5.40. The second-order valence-electron chi connectivity index (χ2n) is 7.57. The van der Waals surface area contributed by atoms with Crippen LogP contribution >= 0.6 is 11.6 Å². The molecule has 3 N–H and O–H groups in total. The van der Waals surface area contributed by atoms with Gasteiger partial charge in [-0.3, -0.25) is 24.6 Å². The first-order chi connectivity index (χ1) is 16.5. The Morgan fingerprint density at radius 3 is 2.23 bits per heavy atom. The quantitative estimate of drug-likeness (QED) is 0.173. The average molecular weight is 514 g/mol. The van der Waals surface area contributed by atoms with Crippen LogP contribution in [0.5, 0.6) is 0 Å². The number of primary sulfonamides is 1. The molecule has 3 aromatic carbocycles. The Bertz CT molecular complexity index is 1500. The predicted molar refractivity (Wildman–Crippen MR) is 127 cm³/mol. The molecule has 1 unspecified atom stereocenters. The van der Waals surface area contributed by atoms with Crippen molar-refractivity contribution in [3.8, 4) is 0 Å². The van der Waals surface area contributed by atoms with Crippen LogP contribution in [0.3, 0.4) is 0 Å². The van der Waals surface area contributed by atoms with Crippen molar-refractivity contribution in [2.24, 2.45) is 5.14 Å². The zero-order valence-electron chi connectivity index (χ0n) is 17.7. The smallest absolute Gasteiger partial charge is 0.300 e. The van der Waals surface area contributed by atoms with Crippen molar-refractivity contribution >= 4 is 50.4 Å². The number of non-ortho nitro benzene ring substituents is 1. The van der Waals surface area contributed by atoms with Gasteiger partial charge in [-0.15, -0.1) is 0 Å². The van der Waals surface area contributed by atoms with Crippen molar-refractivity contribution < 1.29 is 28.0 Å². The maximum absolute atomic E-state index is 13.1. The highest BCUT2D eigenvalue weighted by Crippen LogP contribution is 2.43. The van der Waals surface area contributed by atoms with Crippen LogP contribution in [-0.4, -0.2) is 30.1 Å². The fraction of sp³-hybridized carbons (Fsp3) is 0.0435. The Morgan fingerprint density at radius 1 is 1.03 bits per heavy atom. The number of sulfonamides is 1. The molecule has 0 saturated carbocycles. The molecule has 12 heteroatoms. The number of nitro groups is 1. The first-order valence-electron chi connectivity index (χ1n) is 9.93. The fourth-order valence-corrected chi connectivity index (χ4v) is 4.42. The number of aliphatic hydroxyl groups is 1. The Balaban J connectivity index is 1.95. The monoisotopic (exact) mass is 513 g/mol. The van der Waals surface area contributed by atoms with Gasteiger partial charge in [0.25, 0.3) is 17.4 Å². The number of hydrogen-bond acceptors (Lipinski definition) is 7. The van der Waals surface area contributed by atoms with E-state index >= 15 is 0 Å². The molecule has 0 spiro atoms. The average Bonchev–Trinajstić information content (AvgIpc) is 3.09. The summed E-state index contributed by atoms with van der Waals surface area (Å²) in [5.41, 5.74) is -0.0829. The van der Waals surface area contributed by atoms with Gasteiger partial charge in [0, 0.05) is 28.4 Å². The third-order valence-corrected chi connectivity index (χ3v) is 6.58. The van der Waals surface area contributed by atoms with Crippen molar-refractivity contribution in [2.75, 3.05) is 4.90 Å². The fourth-order valence-electron chi connectivity index (χ4n) is 3.78. The van der Waals surface area contributed by atoms with Crippen molar-refractivity contribution in [2.45, 2.75) is 10.9 Å². The standard InChI is InChI=1S/C23H16ClN3O7S/c24-15-6-4-13(5-7-15)21(28)19-20(14-2-1-3-17(12-14)27(31)32)26(23(30)22(19)29)16-8-10-18(11-9-16)35(25,33)34/h1-12,20,28H,(H2,25,33,34)/b21-19-. The van der Waals surface area contributed by atoms with Gasteiger partial charge in [-0.2, -0.15) is 0 Å². The number of anilines is 1. The zero-order valence-corrected chi connectivity index (χ0v) is 19.2. The molecule has 1 fully saturated rings. The summed E-state index contributed by atoms with van der Waals surface area (Å²) >= 11 is 5.90. The van der Waals surface area contributed by atoms with Gasteiger partial charge < -0.3 is 5.11 Å². The Kier molecular flexibility index (Phi) is 6.15. The summed E-state index contributed by atoms with van der Waals surface area (Å²) in [5.74, 6) is -2.54. The molecule has 1 amide bonds. The molecule has 1 aliphatic heterocycles. The van der Waals surface area contributed by atoms with Gasteiger partial charge in [0.05, 0.1) is 21.4 Å². The summed E-state index contributed by atoms with van der Waals surface area (Å²) in [7, 11) is -4.02. The molecular weight excluding hydrogens is 498 g/mol. The molecule has 178 valence electrons. The van der Waals surface area contributed by atoms with E-state index in [1.165, 1.54) is 60.7 Å². The van der Waals surface area contributed by atoms with E-state index in [1.54, 1.807) is 0 Å². The van der Waals surface area contributed by atoms with Crippen LogP contribution in [-0.2, 0) is 19.6 Å². The van der Waals surface area contributed by atoms with Gasteiger partial charge in [0.1, 0.15) is 5.76 Å². The number of nitrogens with two attached hydrogens (primary N) is 1. The zero-order chi connectivity index (χ0) is 25.5. The largest absolute Gasteiger partial charge is 0.507 e. The number of ketones is 1. The number of nitrogens with zero attached hydrogens (tertiary/aromatic N) is 2. The molecule has 0 aliphatic carbocycles. The molecule has 1 aliphatic rings. The minimum atomic E-state index is -4.02. The maximum atomic E-state index is 13.1. The molecule has 35 heavy (non-hydrogen) atoms. The molecule has 0 radical (unpaired) electrons. The van der Waals surface area contributed by atoms with E-state index in [0.29, 0.717) is 5.02 Å². The summed E-state index contributed by atoms with van der Waals surface area (Å²) in [6.07, 6.45) is 0. The summed E-state index contributed by atoms with van der Waals surface area (Å²) in [6.45, 7) is 0. The van der Waals surface area contributed by atoms with Gasteiger partial charge in [0.15, 0.2) is 0 Å². The predicted octanol–water partition coefficient (Wildman–Crippen LogP) is 3.52. The van der Waals surface area contributed by atoms with E-state index in [0.717, 1.165) is 17.0 Å². The van der Waals surface area contributed by atoms with Gasteiger partial charge in [0.2, 0.25) is 10.0 Å². The number of carbonyl (C=O) groups excluding carboxylic acids is 2. The number of rotatable bonds is 5. The van der Waals surface area contributed by atoms with Crippen LogP contribution in [0.1, 0.15) is 17.2 Å². The van der Waals surface area contributed by atoms with Crippen LogP contribution in [0.25, 0.3) is 5.76 Å². The van der Waals surface area contributed by atoms with Gasteiger partial charge in [-0.05, 0) is 54.1 Å². The number of Topliss-reactive ketones (excluding diaryl/α,β-unsaturated/α-hetero) is 1. The highest BCUT2D eigenvalue weighted by atomic mass is 35.5. The number of nitro benzene ring substituents is 1. The van der Waals surface area contributed by atoms with E-state index < -0.39 is 38.4 Å². The van der Waals surface area contributed by atoms with E-state index in [-0.39, 0.29) is 33.0 Å². The lowest BCUT2D eigenvalue weighted by Crippen LogP contribution is -2.29. The van der Waals surface area contributed by atoms with E-state index in [9.17, 15) is 33.2 Å². The number of halogens is 1. The molecule has 3 aromatic rings. The molecular formula is C23H16ClN3O7S. The molecule has 1 saturated heterocycles. The van der Waals surface area contributed by atoms with Crippen molar-refractivity contribution in [1.29, 1.82) is 0 Å². The summed E-state index contributed by atoms with van der Waals surface area (Å²) in [6, 6.07) is 14.8. The molecule has 1 heterocycles. The van der Waals surface area contributed by atoms with E-state index in [1.807, 2.05) is 0 Å². The minimum Gasteiger partial charge on any atom is -0.507 e. The summed E-state index contributed by atoms with van der Waals surface area (Å²) in [5, 5.41) is 27.9. The number of amides is 1. The lowest BCUT2D eigenvalue weighted by atomic mass is 9.95. The van der Waals surface area contributed by atoms with Gasteiger partial charge >= 0.3 is 0 Å². The highest BCUT2D eigenvalue weighted by Gasteiger charge is 2.47. The van der Waals surface area contributed by atoms with Crippen LogP contribution < -0.4 is 10.0 Å². The van der Waals surface area contributed by atoms with Crippen LogP contribution in [0.15, 0.2) is 83.3 Å². The molecule has 0 aromatic heterocycles. The second-order valence-corrected chi connectivity index (χ2v) is 9.56. The van der Waals surface area contributed by atoms with Crippen molar-refractivity contribution in [3.63, 3.8) is 0 Å². The van der Waals surface area contributed by atoms with Gasteiger partial charge in [-0.25, -0.2) is 13.6 Å². The lowest BCUT2D eigenvalue weighted by molar-refractivity contribution is -0.384. The first-order valence-corrected chi connectivity index (χ1v) is 11.9. The minimum absolute atomic E-state index is 0.117. The Labute approximate surface area is 204 Å². The highest BCUT2D eigenvalue weighted by molar-refractivity contribution is 7.89. The molecule has 10 nitrogen and oxygen atoms in total. The summed E-state index contributed by atoms with van der Waals surface area (Å²) in [4.78, 5) is 37.8. The summed E-state index contributed by atoms with van der Waals surface area (Å²) < 4.78 is 23.2. The maximum Gasteiger partial charge on any atom is 0.300 e. The number of carbonyl (C=O) groups is 2. The van der Waals surface area contributed by atoms with Crippen molar-refractivity contribution in [1.82, 2.24) is 0 Å². The SMILES string of the molecule is NS(=O)(=O)c1ccc(N2C(=O)C(=O)/C(=C(\O)c3ccc(Cl)cc3)C2c2cccc([N+](=O)[O-])c2)cc1. The normalized spacial score (nSPS) is 17.5. The van der Waals surface area contributed by atoms with E-state index in [4.69, 9.17) is 16.7 Å². The third kappa shape index (κ3) is 4.52. The van der Waals surface area contributed by atoms with Crippen LogP contribution in [0.2, 0.25) is 5.02 Å². The second kappa shape index (κ2) is 8.95. The van der Waals surface area contributed by atoms with E-state index in [2.05, 4.69) is 0 Å². The Hall–Kier alpha value is -4.06. The number of benzene rings is 3. The Morgan fingerprint density at radius 2 is 1.66 bits per heavy atom. The van der Waals surface area contributed by atoms with Crippen molar-refractivity contribution in [3.05, 3.63) is 105 Å². The van der Waals surface area contributed by atoms with Crippen LogP contribution in [0.4, 0.5) is 11.4 Å². The molecule has 0 bridgehead atoms. The molecule has 1 atom stereocenters. The topological polar surface area (TPSA) is 161 Å². The first kappa shape index (κ1) is 24.1. The van der Waals surface area contributed by atoms with Gasteiger partial charge in [-0.1, -0.05) is 23.7 Å². The number of aliphatic hydroxyl groups excluding tert-OH is 1.